The number of rotatable bonds is 2. The summed E-state index contributed by atoms with van der Waals surface area (Å²) < 4.78 is 2.16. The van der Waals surface area contributed by atoms with E-state index in [-0.39, 0.29) is 0 Å². The Balaban J connectivity index is 2.83. The van der Waals surface area contributed by atoms with Crippen LogP contribution in [-0.2, 0) is 6.42 Å². The van der Waals surface area contributed by atoms with Crippen molar-refractivity contribution in [1.29, 1.82) is 0 Å². The maximum atomic E-state index is 10.8. The highest BCUT2D eigenvalue weighted by Crippen LogP contribution is 2.33. The molecule has 0 atom stereocenters. The molecule has 1 aromatic carbocycles. The zero-order valence-electron chi connectivity index (χ0n) is 7.78. The summed E-state index contributed by atoms with van der Waals surface area (Å²) in [6, 6.07) is 5.87. The standard InChI is InChI=1S/C11H10OS2/c1-2-7-3-4-8(6-12)9-5-10(13)14-11(7)9/h3-6,13H,2H2,1H3. The summed E-state index contributed by atoms with van der Waals surface area (Å²) in [5.41, 5.74) is 2.05. The van der Waals surface area contributed by atoms with E-state index in [2.05, 4.69) is 19.6 Å². The second-order valence-corrected chi connectivity index (χ2v) is 4.95. The number of carbonyl (C=O) groups excluding carboxylic acids is 1. The Kier molecular flexibility index (Phi) is 2.61. The highest BCUT2D eigenvalue weighted by molar-refractivity contribution is 7.83. The second kappa shape index (κ2) is 3.75. The number of thiol groups is 1. The Labute approximate surface area is 92.2 Å². The summed E-state index contributed by atoms with van der Waals surface area (Å²) in [4.78, 5) is 10.8. The van der Waals surface area contributed by atoms with E-state index < -0.39 is 0 Å². The van der Waals surface area contributed by atoms with Gasteiger partial charge >= 0.3 is 0 Å². The van der Waals surface area contributed by atoms with Crippen LogP contribution in [0, 0.1) is 0 Å². The summed E-state index contributed by atoms with van der Waals surface area (Å²) in [6.45, 7) is 2.12. The van der Waals surface area contributed by atoms with Crippen LogP contribution in [0.25, 0.3) is 10.1 Å². The van der Waals surface area contributed by atoms with Gasteiger partial charge < -0.3 is 0 Å². The maximum absolute atomic E-state index is 10.8. The van der Waals surface area contributed by atoms with Crippen LogP contribution in [0.1, 0.15) is 22.8 Å². The van der Waals surface area contributed by atoms with Crippen LogP contribution < -0.4 is 0 Å². The summed E-state index contributed by atoms with van der Waals surface area (Å²) >= 11 is 5.96. The molecule has 0 aliphatic carbocycles. The van der Waals surface area contributed by atoms with Crippen LogP contribution in [0.2, 0.25) is 0 Å². The SMILES string of the molecule is CCc1ccc(C=O)c2cc(S)sc12. The van der Waals surface area contributed by atoms with Gasteiger partial charge in [-0.1, -0.05) is 19.1 Å². The van der Waals surface area contributed by atoms with Crippen molar-refractivity contribution in [2.75, 3.05) is 0 Å². The molecule has 2 aromatic rings. The average molecular weight is 222 g/mol. The number of aryl methyl sites for hydroxylation is 1. The fraction of sp³-hybridized carbons (Fsp3) is 0.182. The lowest BCUT2D eigenvalue weighted by Gasteiger charge is -2.00. The number of hydrogen-bond donors (Lipinski definition) is 1. The molecule has 1 heterocycles. The highest BCUT2D eigenvalue weighted by Gasteiger charge is 2.07. The van der Waals surface area contributed by atoms with E-state index in [4.69, 9.17) is 0 Å². The van der Waals surface area contributed by atoms with Gasteiger partial charge in [0.05, 0.1) is 4.21 Å². The summed E-state index contributed by atoms with van der Waals surface area (Å²) in [5.74, 6) is 0. The van der Waals surface area contributed by atoms with Crippen LogP contribution in [0.15, 0.2) is 22.4 Å². The Morgan fingerprint density at radius 3 is 2.93 bits per heavy atom. The van der Waals surface area contributed by atoms with E-state index in [1.54, 1.807) is 11.3 Å². The predicted octanol–water partition coefficient (Wildman–Crippen LogP) is 3.56. The fourth-order valence-corrected chi connectivity index (χ4v) is 2.99. The number of benzene rings is 1. The molecule has 1 aromatic heterocycles. The van der Waals surface area contributed by atoms with E-state index in [1.807, 2.05) is 18.2 Å². The lowest BCUT2D eigenvalue weighted by Crippen LogP contribution is -1.84. The van der Waals surface area contributed by atoms with Crippen LogP contribution in [0.4, 0.5) is 0 Å². The van der Waals surface area contributed by atoms with Crippen molar-refractivity contribution in [3.8, 4) is 0 Å². The van der Waals surface area contributed by atoms with Gasteiger partial charge in [0.25, 0.3) is 0 Å². The van der Waals surface area contributed by atoms with Crippen molar-refractivity contribution >= 4 is 40.3 Å². The Morgan fingerprint density at radius 2 is 2.29 bits per heavy atom. The van der Waals surface area contributed by atoms with Crippen molar-refractivity contribution in [3.05, 3.63) is 29.3 Å². The molecule has 0 N–H and O–H groups in total. The van der Waals surface area contributed by atoms with Crippen molar-refractivity contribution < 1.29 is 4.79 Å². The van der Waals surface area contributed by atoms with Gasteiger partial charge in [0.2, 0.25) is 0 Å². The van der Waals surface area contributed by atoms with E-state index in [0.717, 1.165) is 27.9 Å². The van der Waals surface area contributed by atoms with Gasteiger partial charge in [-0.25, -0.2) is 0 Å². The Hall–Kier alpha value is -0.800. The zero-order chi connectivity index (χ0) is 10.1. The van der Waals surface area contributed by atoms with Gasteiger partial charge in [-0.05, 0) is 18.1 Å². The molecule has 14 heavy (non-hydrogen) atoms. The van der Waals surface area contributed by atoms with Crippen LogP contribution >= 0.6 is 24.0 Å². The van der Waals surface area contributed by atoms with Gasteiger partial charge in [0.1, 0.15) is 0 Å². The Bertz CT molecular complexity index is 485. The molecule has 0 amide bonds. The minimum Gasteiger partial charge on any atom is -0.298 e. The third kappa shape index (κ3) is 1.47. The van der Waals surface area contributed by atoms with Crippen molar-refractivity contribution in [1.82, 2.24) is 0 Å². The van der Waals surface area contributed by atoms with Gasteiger partial charge in [-0.3, -0.25) is 4.79 Å². The van der Waals surface area contributed by atoms with Crippen molar-refractivity contribution in [2.45, 2.75) is 17.6 Å². The molecule has 3 heteroatoms. The summed E-state index contributed by atoms with van der Waals surface area (Å²) in [6.07, 6.45) is 1.89. The normalized spacial score (nSPS) is 10.7. The first kappa shape index (κ1) is 9.74. The minimum atomic E-state index is 0.758. The largest absolute Gasteiger partial charge is 0.298 e. The molecule has 0 aliphatic rings. The lowest BCUT2D eigenvalue weighted by molar-refractivity contribution is 0.112. The van der Waals surface area contributed by atoms with Gasteiger partial charge in [-0.2, -0.15) is 0 Å². The summed E-state index contributed by atoms with van der Waals surface area (Å²) in [7, 11) is 0. The fourth-order valence-electron chi connectivity index (χ4n) is 1.57. The smallest absolute Gasteiger partial charge is 0.150 e. The van der Waals surface area contributed by atoms with Gasteiger partial charge in [0, 0.05) is 15.6 Å². The molecule has 0 saturated heterocycles. The number of carbonyl (C=O) groups is 1. The van der Waals surface area contributed by atoms with E-state index in [9.17, 15) is 4.79 Å². The van der Waals surface area contributed by atoms with Crippen LogP contribution in [0.5, 0.6) is 0 Å². The monoisotopic (exact) mass is 222 g/mol. The number of fused-ring (bicyclic) bond motifs is 1. The molecule has 72 valence electrons. The van der Waals surface area contributed by atoms with Gasteiger partial charge in [-0.15, -0.1) is 24.0 Å². The molecule has 0 unspecified atom stereocenters. The first-order chi connectivity index (χ1) is 6.76. The van der Waals surface area contributed by atoms with Crippen molar-refractivity contribution in [3.63, 3.8) is 0 Å². The number of aldehydes is 1. The summed E-state index contributed by atoms with van der Waals surface area (Å²) in [5, 5.41) is 1.04. The zero-order valence-corrected chi connectivity index (χ0v) is 9.49. The molecule has 0 radical (unpaired) electrons. The van der Waals surface area contributed by atoms with Crippen LogP contribution in [-0.4, -0.2) is 6.29 Å². The Morgan fingerprint density at radius 1 is 1.50 bits per heavy atom. The topological polar surface area (TPSA) is 17.1 Å². The molecular weight excluding hydrogens is 212 g/mol. The molecule has 0 bridgehead atoms. The molecule has 0 fully saturated rings. The first-order valence-corrected chi connectivity index (χ1v) is 5.72. The first-order valence-electron chi connectivity index (χ1n) is 4.45. The quantitative estimate of drug-likeness (QED) is 0.607. The van der Waals surface area contributed by atoms with E-state index >= 15 is 0 Å². The third-order valence-electron chi connectivity index (χ3n) is 2.29. The molecular formula is C11H10OS2. The van der Waals surface area contributed by atoms with E-state index in [1.165, 1.54) is 10.3 Å². The van der Waals surface area contributed by atoms with Crippen molar-refractivity contribution in [2.24, 2.45) is 0 Å². The predicted molar refractivity (Wildman–Crippen MR) is 63.8 cm³/mol. The second-order valence-electron chi connectivity index (χ2n) is 3.11. The highest BCUT2D eigenvalue weighted by atomic mass is 32.2. The number of thiophene rings is 1. The number of hydrogen-bond acceptors (Lipinski definition) is 3. The molecule has 2 rings (SSSR count). The third-order valence-corrected chi connectivity index (χ3v) is 3.71. The molecule has 0 saturated carbocycles. The molecule has 0 aliphatic heterocycles. The maximum Gasteiger partial charge on any atom is 0.150 e. The minimum absolute atomic E-state index is 0.758. The van der Waals surface area contributed by atoms with E-state index in [0.29, 0.717) is 0 Å². The average Bonchev–Trinajstić information content (AvgIpc) is 2.57. The lowest BCUT2D eigenvalue weighted by atomic mass is 10.1. The van der Waals surface area contributed by atoms with Crippen LogP contribution in [0.3, 0.4) is 0 Å². The molecule has 1 nitrogen and oxygen atoms in total. The molecule has 0 spiro atoms. The van der Waals surface area contributed by atoms with Gasteiger partial charge in [0.15, 0.2) is 6.29 Å².